The van der Waals surface area contributed by atoms with E-state index in [0.29, 0.717) is 28.5 Å². The van der Waals surface area contributed by atoms with Gasteiger partial charge in [-0.25, -0.2) is 0 Å². The molecule has 1 aromatic heterocycles. The number of fused-ring (bicyclic) bond motifs is 1. The summed E-state index contributed by atoms with van der Waals surface area (Å²) in [4.78, 5) is 12.8. The fourth-order valence-corrected chi connectivity index (χ4v) is 3.34. The molecule has 0 aliphatic carbocycles. The maximum Gasteiger partial charge on any atom is 0.290 e. The van der Waals surface area contributed by atoms with Gasteiger partial charge in [0.15, 0.2) is 11.5 Å². The second-order valence-corrected chi connectivity index (χ2v) is 7.01. The van der Waals surface area contributed by atoms with Crippen LogP contribution in [0.25, 0.3) is 10.9 Å². The molecule has 3 aromatic carbocycles. The maximum absolute atomic E-state index is 9.60. The highest BCUT2D eigenvalue weighted by molar-refractivity contribution is 5.97. The van der Waals surface area contributed by atoms with Crippen LogP contribution >= 0.6 is 0 Å². The standard InChI is InChI=1S/C25H21N3O3.CH2O2/c1-16-12-21-20(13-24(16)30-3)25(17(14-26)15-27-21)28-18-8-10-19(11-9-18)31-23-7-5-4-6-22(23)29-2;2-1-3/h4-13,15H,1-3H3,(H,27,28);1H,(H,2,3). The number of pyridine rings is 1. The van der Waals surface area contributed by atoms with E-state index in [1.165, 1.54) is 0 Å². The largest absolute Gasteiger partial charge is 0.496 e. The van der Waals surface area contributed by atoms with Crippen LogP contribution in [0.2, 0.25) is 0 Å². The van der Waals surface area contributed by atoms with Crippen LogP contribution in [0.5, 0.6) is 23.0 Å². The lowest BCUT2D eigenvalue weighted by Crippen LogP contribution is -1.98. The normalized spacial score (nSPS) is 9.82. The predicted octanol–water partition coefficient (Wildman–Crippen LogP) is 5.67. The molecule has 2 N–H and O–H groups in total. The number of para-hydroxylation sites is 2. The van der Waals surface area contributed by atoms with Gasteiger partial charge < -0.3 is 24.6 Å². The zero-order chi connectivity index (χ0) is 24.5. The van der Waals surface area contributed by atoms with Crippen molar-refractivity contribution in [2.24, 2.45) is 0 Å². The summed E-state index contributed by atoms with van der Waals surface area (Å²) < 4.78 is 16.7. The predicted molar refractivity (Wildman–Crippen MR) is 129 cm³/mol. The highest BCUT2D eigenvalue weighted by Crippen LogP contribution is 2.35. The third-order valence-corrected chi connectivity index (χ3v) is 4.93. The molecule has 0 atom stereocenters. The van der Waals surface area contributed by atoms with Crippen LogP contribution in [0.3, 0.4) is 0 Å². The molecule has 1 heterocycles. The molecule has 0 fully saturated rings. The number of hydrogen-bond acceptors (Lipinski definition) is 7. The number of aryl methyl sites for hydroxylation is 1. The molecule has 4 rings (SSSR count). The molecule has 0 radical (unpaired) electrons. The van der Waals surface area contributed by atoms with E-state index in [4.69, 9.17) is 24.1 Å². The minimum atomic E-state index is -0.250. The lowest BCUT2D eigenvalue weighted by Gasteiger charge is -2.14. The number of nitrogens with one attached hydrogen (secondary N) is 1. The van der Waals surface area contributed by atoms with Crippen LogP contribution in [0, 0.1) is 18.3 Å². The number of methoxy groups -OCH3 is 2. The van der Waals surface area contributed by atoms with Gasteiger partial charge >= 0.3 is 0 Å². The first-order valence-electron chi connectivity index (χ1n) is 10.2. The molecule has 0 aliphatic heterocycles. The number of carbonyl (C=O) groups is 1. The van der Waals surface area contributed by atoms with Crippen molar-refractivity contribution in [3.63, 3.8) is 0 Å². The molecule has 0 saturated heterocycles. The van der Waals surface area contributed by atoms with Gasteiger partial charge in [-0.1, -0.05) is 12.1 Å². The molecule has 0 saturated carbocycles. The topological polar surface area (TPSA) is 114 Å². The third-order valence-electron chi connectivity index (χ3n) is 4.93. The van der Waals surface area contributed by atoms with Crippen LogP contribution < -0.4 is 19.5 Å². The second-order valence-electron chi connectivity index (χ2n) is 7.01. The van der Waals surface area contributed by atoms with Gasteiger partial charge in [0.1, 0.15) is 17.6 Å². The van der Waals surface area contributed by atoms with Gasteiger partial charge in [0.05, 0.1) is 31.0 Å². The van der Waals surface area contributed by atoms with Crippen molar-refractivity contribution in [3.8, 4) is 29.1 Å². The zero-order valence-corrected chi connectivity index (χ0v) is 18.9. The van der Waals surface area contributed by atoms with Crippen LogP contribution in [0.1, 0.15) is 11.1 Å². The molecule has 0 amide bonds. The first kappa shape index (κ1) is 23.9. The van der Waals surface area contributed by atoms with Crippen LogP contribution in [0.15, 0.2) is 66.9 Å². The third kappa shape index (κ3) is 5.34. The molecule has 8 nitrogen and oxygen atoms in total. The Hall–Kier alpha value is -4.77. The molecule has 0 unspecified atom stereocenters. The lowest BCUT2D eigenvalue weighted by atomic mass is 10.1. The van der Waals surface area contributed by atoms with Crippen LogP contribution in [-0.4, -0.2) is 30.8 Å². The van der Waals surface area contributed by atoms with Crippen molar-refractivity contribution in [1.82, 2.24) is 4.98 Å². The highest BCUT2D eigenvalue weighted by atomic mass is 16.5. The number of rotatable bonds is 6. The number of benzene rings is 3. The smallest absolute Gasteiger partial charge is 0.290 e. The summed E-state index contributed by atoms with van der Waals surface area (Å²) in [6, 6.07) is 21.0. The van der Waals surface area contributed by atoms with Crippen molar-refractivity contribution in [2.75, 3.05) is 19.5 Å². The molecule has 8 heteroatoms. The molecular weight excluding hydrogens is 434 g/mol. The summed E-state index contributed by atoms with van der Waals surface area (Å²) in [6.07, 6.45) is 1.58. The van der Waals surface area contributed by atoms with Gasteiger partial charge in [-0.05, 0) is 61.0 Å². The average molecular weight is 457 g/mol. The van der Waals surface area contributed by atoms with Gasteiger partial charge in [0, 0.05) is 17.3 Å². The van der Waals surface area contributed by atoms with Gasteiger partial charge in [-0.2, -0.15) is 5.26 Å². The fraction of sp³-hybridized carbons (Fsp3) is 0.115. The Labute approximate surface area is 197 Å². The summed E-state index contributed by atoms with van der Waals surface area (Å²) in [6.45, 7) is 1.71. The maximum atomic E-state index is 9.60. The number of aromatic nitrogens is 1. The van der Waals surface area contributed by atoms with E-state index in [0.717, 1.165) is 27.9 Å². The van der Waals surface area contributed by atoms with E-state index in [9.17, 15) is 5.26 Å². The Bertz CT molecular complexity index is 1330. The number of nitrogens with zero attached hydrogens (tertiary/aromatic N) is 2. The molecule has 34 heavy (non-hydrogen) atoms. The number of carboxylic acid groups (broad SMARTS) is 1. The van der Waals surface area contributed by atoms with E-state index in [1.54, 1.807) is 20.4 Å². The summed E-state index contributed by atoms with van der Waals surface area (Å²) >= 11 is 0. The zero-order valence-electron chi connectivity index (χ0n) is 18.9. The van der Waals surface area contributed by atoms with E-state index in [1.807, 2.05) is 67.6 Å². The van der Waals surface area contributed by atoms with Crippen molar-refractivity contribution >= 4 is 28.7 Å². The lowest BCUT2D eigenvalue weighted by molar-refractivity contribution is -0.122. The molecule has 0 aliphatic rings. The average Bonchev–Trinajstić information content (AvgIpc) is 2.86. The monoisotopic (exact) mass is 457 g/mol. The molecular formula is C26H23N3O5. The second kappa shape index (κ2) is 11.2. The first-order valence-corrected chi connectivity index (χ1v) is 10.2. The van der Waals surface area contributed by atoms with Gasteiger partial charge in [0.2, 0.25) is 0 Å². The summed E-state index contributed by atoms with van der Waals surface area (Å²) in [5.41, 5.74) is 3.72. The number of anilines is 2. The molecule has 0 spiro atoms. The molecule has 172 valence electrons. The summed E-state index contributed by atoms with van der Waals surface area (Å²) in [5.74, 6) is 2.72. The van der Waals surface area contributed by atoms with Crippen molar-refractivity contribution in [3.05, 3.63) is 78.0 Å². The Morgan fingerprint density at radius 3 is 2.26 bits per heavy atom. The highest BCUT2D eigenvalue weighted by Gasteiger charge is 2.12. The number of nitriles is 1. The van der Waals surface area contributed by atoms with E-state index in [2.05, 4.69) is 16.4 Å². The van der Waals surface area contributed by atoms with E-state index >= 15 is 0 Å². The minimum Gasteiger partial charge on any atom is -0.496 e. The fourth-order valence-electron chi connectivity index (χ4n) is 3.34. The summed E-state index contributed by atoms with van der Waals surface area (Å²) in [7, 11) is 3.24. The quantitative estimate of drug-likeness (QED) is 0.356. The Morgan fingerprint density at radius 2 is 1.65 bits per heavy atom. The van der Waals surface area contributed by atoms with Gasteiger partial charge in [-0.15, -0.1) is 0 Å². The van der Waals surface area contributed by atoms with Crippen molar-refractivity contribution < 1.29 is 24.1 Å². The Kier molecular flexibility index (Phi) is 7.87. The van der Waals surface area contributed by atoms with Gasteiger partial charge in [-0.3, -0.25) is 9.78 Å². The first-order chi connectivity index (χ1) is 16.5. The van der Waals surface area contributed by atoms with E-state index < -0.39 is 0 Å². The molecule has 0 bridgehead atoms. The van der Waals surface area contributed by atoms with Gasteiger partial charge in [0.25, 0.3) is 6.47 Å². The minimum absolute atomic E-state index is 0.250. The summed E-state index contributed by atoms with van der Waals surface area (Å²) in [5, 5.41) is 20.7. The Balaban J connectivity index is 0.00000103. The number of hydrogen-bond donors (Lipinski definition) is 2. The van der Waals surface area contributed by atoms with Crippen LogP contribution in [0.4, 0.5) is 11.4 Å². The SMILES string of the molecule is COc1cc2c(Nc3ccc(Oc4ccccc4OC)cc3)c(C#N)cnc2cc1C.O=CO. The Morgan fingerprint density at radius 1 is 1.00 bits per heavy atom. The van der Waals surface area contributed by atoms with Crippen molar-refractivity contribution in [2.45, 2.75) is 6.92 Å². The number of ether oxygens (including phenoxy) is 3. The van der Waals surface area contributed by atoms with Crippen molar-refractivity contribution in [1.29, 1.82) is 5.26 Å². The molecule has 4 aromatic rings. The van der Waals surface area contributed by atoms with Crippen LogP contribution in [-0.2, 0) is 4.79 Å². The van der Waals surface area contributed by atoms with E-state index in [-0.39, 0.29) is 6.47 Å².